The minimum atomic E-state index is -2.89. The van der Waals surface area contributed by atoms with E-state index in [1.807, 2.05) is 6.07 Å². The zero-order valence-corrected chi connectivity index (χ0v) is 16.4. The summed E-state index contributed by atoms with van der Waals surface area (Å²) in [5, 5.41) is 6.27. The molecule has 0 saturated carbocycles. The Kier molecular flexibility index (Phi) is 6.63. The fraction of sp³-hybridized carbons (Fsp3) is 0.632. The third kappa shape index (κ3) is 5.54. The number of carbonyl (C=O) groups is 1. The van der Waals surface area contributed by atoms with Gasteiger partial charge in [0.2, 0.25) is 5.91 Å². The minimum Gasteiger partial charge on any atom is -0.326 e. The van der Waals surface area contributed by atoms with Crippen molar-refractivity contribution >= 4 is 21.4 Å². The Hall–Kier alpha value is -1.40. The maximum absolute atomic E-state index is 12.4. The molecule has 1 aliphatic heterocycles. The molecule has 0 aromatic heterocycles. The standard InChI is InChI=1S/C19H30N2O3S/c1-13(2)16-6-5-7-17(14(3)4)19(16)21-18(22)8-10-20-15-9-11-25(23,24)12-15/h5-7,13-15,20H,8-12H2,1-4H3,(H,21,22). The van der Waals surface area contributed by atoms with Gasteiger partial charge in [0.1, 0.15) is 0 Å². The third-order valence-corrected chi connectivity index (χ3v) is 6.42. The lowest BCUT2D eigenvalue weighted by Crippen LogP contribution is -2.32. The molecule has 2 N–H and O–H groups in total. The summed E-state index contributed by atoms with van der Waals surface area (Å²) in [5.74, 6) is 1.05. The van der Waals surface area contributed by atoms with Gasteiger partial charge in [-0.05, 0) is 29.4 Å². The zero-order valence-electron chi connectivity index (χ0n) is 15.6. The van der Waals surface area contributed by atoms with Crippen molar-refractivity contribution in [3.63, 3.8) is 0 Å². The lowest BCUT2D eigenvalue weighted by Gasteiger charge is -2.20. The number of sulfone groups is 1. The van der Waals surface area contributed by atoms with Crippen LogP contribution in [0, 0.1) is 0 Å². The molecule has 1 amide bonds. The highest BCUT2D eigenvalue weighted by molar-refractivity contribution is 7.91. The van der Waals surface area contributed by atoms with Gasteiger partial charge in [-0.25, -0.2) is 8.42 Å². The molecule has 1 atom stereocenters. The second-order valence-corrected chi connectivity index (χ2v) is 9.70. The maximum atomic E-state index is 12.4. The van der Waals surface area contributed by atoms with E-state index in [9.17, 15) is 13.2 Å². The molecule has 1 unspecified atom stereocenters. The Morgan fingerprint density at radius 3 is 2.24 bits per heavy atom. The SMILES string of the molecule is CC(C)c1cccc(C(C)C)c1NC(=O)CCNC1CCS(=O)(=O)C1. The van der Waals surface area contributed by atoms with Gasteiger partial charge in [0.25, 0.3) is 0 Å². The van der Waals surface area contributed by atoms with Gasteiger partial charge < -0.3 is 10.6 Å². The molecule has 0 radical (unpaired) electrons. The summed E-state index contributed by atoms with van der Waals surface area (Å²) in [4.78, 5) is 12.4. The van der Waals surface area contributed by atoms with Gasteiger partial charge in [0.15, 0.2) is 9.84 Å². The largest absolute Gasteiger partial charge is 0.326 e. The number of hydrogen-bond donors (Lipinski definition) is 2. The van der Waals surface area contributed by atoms with E-state index >= 15 is 0 Å². The zero-order chi connectivity index (χ0) is 18.6. The number of anilines is 1. The molecule has 6 heteroatoms. The van der Waals surface area contributed by atoms with E-state index in [1.54, 1.807) is 0 Å². The number of nitrogens with one attached hydrogen (secondary N) is 2. The molecule has 1 aromatic carbocycles. The molecular weight excluding hydrogens is 336 g/mol. The van der Waals surface area contributed by atoms with E-state index in [1.165, 1.54) is 0 Å². The summed E-state index contributed by atoms with van der Waals surface area (Å²) in [6.45, 7) is 8.98. The van der Waals surface area contributed by atoms with Crippen LogP contribution in [0.2, 0.25) is 0 Å². The average Bonchev–Trinajstić information content (AvgIpc) is 2.86. The Labute approximate surface area is 151 Å². The highest BCUT2D eigenvalue weighted by atomic mass is 32.2. The summed E-state index contributed by atoms with van der Waals surface area (Å²) in [7, 11) is -2.89. The number of para-hydroxylation sites is 1. The van der Waals surface area contributed by atoms with Crippen LogP contribution in [0.3, 0.4) is 0 Å². The van der Waals surface area contributed by atoms with E-state index < -0.39 is 9.84 Å². The minimum absolute atomic E-state index is 0.0213. The second-order valence-electron chi connectivity index (χ2n) is 7.47. The van der Waals surface area contributed by atoms with Crippen LogP contribution in [0.5, 0.6) is 0 Å². The van der Waals surface area contributed by atoms with Crippen molar-refractivity contribution in [2.45, 2.75) is 58.4 Å². The number of amides is 1. The van der Waals surface area contributed by atoms with Gasteiger partial charge in [-0.15, -0.1) is 0 Å². The molecule has 2 rings (SSSR count). The van der Waals surface area contributed by atoms with E-state index in [0.717, 1.165) is 16.8 Å². The predicted molar refractivity (Wildman–Crippen MR) is 103 cm³/mol. The molecule has 5 nitrogen and oxygen atoms in total. The molecule has 1 aromatic rings. The number of rotatable bonds is 7. The van der Waals surface area contributed by atoms with Gasteiger partial charge in [-0.3, -0.25) is 4.79 Å². The van der Waals surface area contributed by atoms with Crippen LogP contribution in [0.15, 0.2) is 18.2 Å². The van der Waals surface area contributed by atoms with Gasteiger partial charge in [0, 0.05) is 24.7 Å². The molecule has 140 valence electrons. The summed E-state index contributed by atoms with van der Waals surface area (Å²) in [5.41, 5.74) is 3.23. The Bertz CT molecular complexity index is 685. The van der Waals surface area contributed by atoms with Crippen molar-refractivity contribution in [2.24, 2.45) is 0 Å². The highest BCUT2D eigenvalue weighted by Gasteiger charge is 2.27. The van der Waals surface area contributed by atoms with Crippen LogP contribution < -0.4 is 10.6 Å². The maximum Gasteiger partial charge on any atom is 0.225 e. The lowest BCUT2D eigenvalue weighted by molar-refractivity contribution is -0.116. The van der Waals surface area contributed by atoms with Crippen LogP contribution in [0.4, 0.5) is 5.69 Å². The second kappa shape index (κ2) is 8.32. The first-order valence-electron chi connectivity index (χ1n) is 9.06. The van der Waals surface area contributed by atoms with Crippen LogP contribution in [-0.4, -0.2) is 38.4 Å². The first-order chi connectivity index (χ1) is 11.7. The molecule has 0 aliphatic carbocycles. The van der Waals surface area contributed by atoms with Crippen molar-refractivity contribution < 1.29 is 13.2 Å². The first-order valence-corrected chi connectivity index (χ1v) is 10.9. The Balaban J connectivity index is 1.96. The van der Waals surface area contributed by atoms with E-state index in [0.29, 0.717) is 31.2 Å². The number of benzene rings is 1. The van der Waals surface area contributed by atoms with Crippen LogP contribution in [-0.2, 0) is 14.6 Å². The fourth-order valence-electron chi connectivity index (χ4n) is 3.24. The number of carbonyl (C=O) groups excluding carboxylic acids is 1. The Morgan fingerprint density at radius 2 is 1.76 bits per heavy atom. The first kappa shape index (κ1) is 19.9. The van der Waals surface area contributed by atoms with E-state index in [2.05, 4.69) is 50.5 Å². The van der Waals surface area contributed by atoms with Gasteiger partial charge in [-0.2, -0.15) is 0 Å². The smallest absolute Gasteiger partial charge is 0.225 e. The van der Waals surface area contributed by atoms with E-state index in [-0.39, 0.29) is 23.5 Å². The van der Waals surface area contributed by atoms with Crippen LogP contribution >= 0.6 is 0 Å². The summed E-state index contributed by atoms with van der Waals surface area (Å²) >= 11 is 0. The highest BCUT2D eigenvalue weighted by Crippen LogP contribution is 2.32. The number of hydrogen-bond acceptors (Lipinski definition) is 4. The topological polar surface area (TPSA) is 75.3 Å². The third-order valence-electron chi connectivity index (χ3n) is 4.65. The summed E-state index contributed by atoms with van der Waals surface area (Å²) in [6.07, 6.45) is 0.970. The molecule has 0 bridgehead atoms. The van der Waals surface area contributed by atoms with Crippen molar-refractivity contribution in [3.05, 3.63) is 29.3 Å². The van der Waals surface area contributed by atoms with Crippen molar-refractivity contribution in [2.75, 3.05) is 23.4 Å². The Morgan fingerprint density at radius 1 is 1.16 bits per heavy atom. The lowest BCUT2D eigenvalue weighted by atomic mass is 9.92. The molecular formula is C19H30N2O3S. The van der Waals surface area contributed by atoms with Crippen molar-refractivity contribution in [1.29, 1.82) is 0 Å². The van der Waals surface area contributed by atoms with Crippen LogP contribution in [0.1, 0.15) is 63.5 Å². The quantitative estimate of drug-likeness (QED) is 0.778. The summed E-state index contributed by atoms with van der Waals surface area (Å²) in [6, 6.07) is 6.15. The summed E-state index contributed by atoms with van der Waals surface area (Å²) < 4.78 is 22.9. The van der Waals surface area contributed by atoms with Gasteiger partial charge in [0.05, 0.1) is 11.5 Å². The molecule has 1 fully saturated rings. The molecule has 1 heterocycles. The van der Waals surface area contributed by atoms with Gasteiger partial charge in [-0.1, -0.05) is 45.9 Å². The average molecular weight is 367 g/mol. The van der Waals surface area contributed by atoms with Crippen molar-refractivity contribution in [3.8, 4) is 0 Å². The normalized spacial score (nSPS) is 19.5. The van der Waals surface area contributed by atoms with Crippen molar-refractivity contribution in [1.82, 2.24) is 5.32 Å². The fourth-order valence-corrected chi connectivity index (χ4v) is 4.95. The molecule has 1 saturated heterocycles. The predicted octanol–water partition coefficient (Wildman–Crippen LogP) is 3.04. The monoisotopic (exact) mass is 366 g/mol. The molecule has 25 heavy (non-hydrogen) atoms. The van der Waals surface area contributed by atoms with E-state index in [4.69, 9.17) is 0 Å². The van der Waals surface area contributed by atoms with Gasteiger partial charge >= 0.3 is 0 Å². The van der Waals surface area contributed by atoms with Crippen LogP contribution in [0.25, 0.3) is 0 Å². The molecule has 1 aliphatic rings. The molecule has 0 spiro atoms.